The molecular formula is C12H21N5O2. The highest BCUT2D eigenvalue weighted by atomic mass is 16.2. The monoisotopic (exact) mass is 267 g/mol. The van der Waals surface area contributed by atoms with Crippen LogP contribution in [0.25, 0.3) is 0 Å². The van der Waals surface area contributed by atoms with Crippen molar-refractivity contribution in [2.24, 2.45) is 7.05 Å². The number of nitrogens with zero attached hydrogens (tertiary/aromatic N) is 3. The fourth-order valence-corrected chi connectivity index (χ4v) is 1.81. The predicted octanol–water partition coefficient (Wildman–Crippen LogP) is 0.297. The van der Waals surface area contributed by atoms with Gasteiger partial charge < -0.3 is 10.6 Å². The van der Waals surface area contributed by atoms with E-state index in [1.165, 1.54) is 13.3 Å². The van der Waals surface area contributed by atoms with E-state index in [0.717, 1.165) is 0 Å². The van der Waals surface area contributed by atoms with E-state index >= 15 is 0 Å². The maximum atomic E-state index is 12.2. The van der Waals surface area contributed by atoms with Crippen molar-refractivity contribution in [2.75, 3.05) is 0 Å². The molecule has 0 aliphatic carbocycles. The molecule has 0 bridgehead atoms. The molecule has 7 nitrogen and oxygen atoms in total. The summed E-state index contributed by atoms with van der Waals surface area (Å²) in [6.07, 6.45) is 2.14. The molecule has 1 rings (SSSR count). The number of aromatic nitrogens is 3. The second-order valence-electron chi connectivity index (χ2n) is 4.98. The molecule has 0 saturated heterocycles. The first-order chi connectivity index (χ1) is 8.77. The Morgan fingerprint density at radius 1 is 1.47 bits per heavy atom. The summed E-state index contributed by atoms with van der Waals surface area (Å²) < 4.78 is 1.62. The van der Waals surface area contributed by atoms with Crippen molar-refractivity contribution in [3.63, 3.8) is 0 Å². The van der Waals surface area contributed by atoms with Gasteiger partial charge in [0.15, 0.2) is 0 Å². The normalized spacial score (nSPS) is 12.9. The van der Waals surface area contributed by atoms with Crippen LogP contribution in [0.5, 0.6) is 0 Å². The number of rotatable bonds is 5. The Labute approximate surface area is 112 Å². The number of hydrogen-bond acceptors (Lipinski definition) is 4. The number of amides is 2. The van der Waals surface area contributed by atoms with E-state index < -0.39 is 5.54 Å². The smallest absolute Gasteiger partial charge is 0.245 e. The fraction of sp³-hybridized carbons (Fsp3) is 0.667. The number of nitrogens with one attached hydrogen (secondary N) is 2. The maximum absolute atomic E-state index is 12.2. The zero-order valence-corrected chi connectivity index (χ0v) is 12.0. The van der Waals surface area contributed by atoms with Gasteiger partial charge in [0.1, 0.15) is 17.7 Å². The first kappa shape index (κ1) is 15.1. The number of carbonyl (C=O) groups excluding carboxylic acids is 2. The molecule has 0 aromatic carbocycles. The van der Waals surface area contributed by atoms with Crippen LogP contribution in [0.1, 0.15) is 46.0 Å². The van der Waals surface area contributed by atoms with Crippen molar-refractivity contribution < 1.29 is 9.59 Å². The number of hydrogen-bond donors (Lipinski definition) is 2. The van der Waals surface area contributed by atoms with E-state index in [0.29, 0.717) is 12.2 Å². The molecule has 2 N–H and O–H groups in total. The number of carbonyl (C=O) groups is 2. The zero-order chi connectivity index (χ0) is 14.6. The minimum absolute atomic E-state index is 0.229. The summed E-state index contributed by atoms with van der Waals surface area (Å²) in [5, 5.41) is 9.48. The van der Waals surface area contributed by atoms with Crippen molar-refractivity contribution in [3.05, 3.63) is 12.2 Å². The molecule has 1 aromatic heterocycles. The second-order valence-corrected chi connectivity index (χ2v) is 4.98. The SMILES string of the molecule is CCC(NC(=O)C(C)(C)NC(C)=O)c1ncnn1C. The molecule has 0 aliphatic rings. The molecule has 0 spiro atoms. The zero-order valence-electron chi connectivity index (χ0n) is 12.0. The van der Waals surface area contributed by atoms with E-state index in [1.807, 2.05) is 6.92 Å². The van der Waals surface area contributed by atoms with Crippen LogP contribution in [0.4, 0.5) is 0 Å². The molecule has 19 heavy (non-hydrogen) atoms. The van der Waals surface area contributed by atoms with Crippen molar-refractivity contribution in [3.8, 4) is 0 Å². The minimum Gasteiger partial charge on any atom is -0.344 e. The quantitative estimate of drug-likeness (QED) is 0.803. The summed E-state index contributed by atoms with van der Waals surface area (Å²) >= 11 is 0. The van der Waals surface area contributed by atoms with Crippen LogP contribution in [0.2, 0.25) is 0 Å². The Morgan fingerprint density at radius 3 is 2.53 bits per heavy atom. The highest BCUT2D eigenvalue weighted by molar-refractivity contribution is 5.90. The number of aryl methyl sites for hydroxylation is 1. The third kappa shape index (κ3) is 3.77. The Kier molecular flexibility index (Phi) is 4.63. The lowest BCUT2D eigenvalue weighted by Crippen LogP contribution is -2.54. The van der Waals surface area contributed by atoms with Gasteiger partial charge in [0.25, 0.3) is 0 Å². The maximum Gasteiger partial charge on any atom is 0.245 e. The van der Waals surface area contributed by atoms with E-state index in [4.69, 9.17) is 0 Å². The van der Waals surface area contributed by atoms with Crippen LogP contribution in [0.3, 0.4) is 0 Å². The van der Waals surface area contributed by atoms with Gasteiger partial charge in [-0.3, -0.25) is 14.3 Å². The lowest BCUT2D eigenvalue weighted by molar-refractivity contribution is -0.132. The Balaban J connectivity index is 2.79. The Bertz CT molecular complexity index is 466. The van der Waals surface area contributed by atoms with E-state index in [2.05, 4.69) is 20.7 Å². The summed E-state index contributed by atoms with van der Waals surface area (Å²) in [4.78, 5) is 27.4. The first-order valence-electron chi connectivity index (χ1n) is 6.21. The average molecular weight is 267 g/mol. The average Bonchev–Trinajstić information content (AvgIpc) is 2.70. The molecule has 1 heterocycles. The van der Waals surface area contributed by atoms with Crippen LogP contribution < -0.4 is 10.6 Å². The van der Waals surface area contributed by atoms with Gasteiger partial charge in [-0.2, -0.15) is 5.10 Å². The highest BCUT2D eigenvalue weighted by Gasteiger charge is 2.30. The summed E-state index contributed by atoms with van der Waals surface area (Å²) in [5.74, 6) is 0.193. The van der Waals surface area contributed by atoms with Crippen LogP contribution in [-0.4, -0.2) is 32.1 Å². The lowest BCUT2D eigenvalue weighted by Gasteiger charge is -2.27. The third-order valence-corrected chi connectivity index (χ3v) is 2.83. The second kappa shape index (κ2) is 5.81. The van der Waals surface area contributed by atoms with Gasteiger partial charge in [-0.1, -0.05) is 6.92 Å². The Morgan fingerprint density at radius 2 is 2.11 bits per heavy atom. The van der Waals surface area contributed by atoms with Crippen molar-refractivity contribution >= 4 is 11.8 Å². The minimum atomic E-state index is -0.960. The fourth-order valence-electron chi connectivity index (χ4n) is 1.81. The molecule has 1 atom stereocenters. The summed E-state index contributed by atoms with van der Waals surface area (Å²) in [7, 11) is 1.77. The molecule has 2 amide bonds. The van der Waals surface area contributed by atoms with Gasteiger partial charge in [0.05, 0.1) is 6.04 Å². The first-order valence-corrected chi connectivity index (χ1v) is 6.21. The largest absolute Gasteiger partial charge is 0.344 e. The standard InChI is InChI=1S/C12H21N5O2/c1-6-9(10-13-7-14-17(10)5)15-11(19)12(3,4)16-8(2)18/h7,9H,6H2,1-5H3,(H,15,19)(H,16,18). The topological polar surface area (TPSA) is 88.9 Å². The van der Waals surface area contributed by atoms with Crippen LogP contribution in [0.15, 0.2) is 6.33 Å². The van der Waals surface area contributed by atoms with Crippen LogP contribution in [-0.2, 0) is 16.6 Å². The van der Waals surface area contributed by atoms with Gasteiger partial charge in [0, 0.05) is 14.0 Å². The molecule has 7 heteroatoms. The highest BCUT2D eigenvalue weighted by Crippen LogP contribution is 2.14. The van der Waals surface area contributed by atoms with Gasteiger partial charge in [0.2, 0.25) is 11.8 Å². The van der Waals surface area contributed by atoms with E-state index in [1.54, 1.807) is 25.6 Å². The van der Waals surface area contributed by atoms with Gasteiger partial charge in [-0.05, 0) is 20.3 Å². The summed E-state index contributed by atoms with van der Waals surface area (Å²) in [6, 6.07) is -0.229. The van der Waals surface area contributed by atoms with Gasteiger partial charge in [-0.15, -0.1) is 0 Å². The molecule has 106 valence electrons. The summed E-state index contributed by atoms with van der Waals surface area (Å²) in [5.41, 5.74) is -0.960. The molecule has 0 fully saturated rings. The van der Waals surface area contributed by atoms with Crippen molar-refractivity contribution in [2.45, 2.75) is 45.7 Å². The lowest BCUT2D eigenvalue weighted by atomic mass is 10.0. The van der Waals surface area contributed by atoms with Gasteiger partial charge in [-0.25, -0.2) is 4.98 Å². The Hall–Kier alpha value is -1.92. The molecule has 0 radical (unpaired) electrons. The molecule has 1 unspecified atom stereocenters. The molecule has 0 aliphatic heterocycles. The van der Waals surface area contributed by atoms with Crippen LogP contribution >= 0.6 is 0 Å². The molecule has 0 saturated carbocycles. The third-order valence-electron chi connectivity index (χ3n) is 2.83. The summed E-state index contributed by atoms with van der Waals surface area (Å²) in [6.45, 7) is 6.65. The molecule has 1 aromatic rings. The molecular weight excluding hydrogens is 246 g/mol. The predicted molar refractivity (Wildman–Crippen MR) is 70.1 cm³/mol. The van der Waals surface area contributed by atoms with E-state index in [9.17, 15) is 9.59 Å². The van der Waals surface area contributed by atoms with Crippen molar-refractivity contribution in [1.29, 1.82) is 0 Å². The van der Waals surface area contributed by atoms with Gasteiger partial charge >= 0.3 is 0 Å². The van der Waals surface area contributed by atoms with Crippen LogP contribution in [0, 0.1) is 0 Å². The van der Waals surface area contributed by atoms with E-state index in [-0.39, 0.29) is 17.9 Å². The van der Waals surface area contributed by atoms with Crippen molar-refractivity contribution in [1.82, 2.24) is 25.4 Å².